The molecule has 0 saturated heterocycles. The van der Waals surface area contributed by atoms with Gasteiger partial charge in [-0.2, -0.15) is 0 Å². The molecule has 1 unspecified atom stereocenters. The first kappa shape index (κ1) is 18.4. The second kappa shape index (κ2) is 6.37. The number of nitrogens with zero attached hydrogens (tertiary/aromatic N) is 1. The molecule has 0 bridgehead atoms. The zero-order chi connectivity index (χ0) is 19.1. The van der Waals surface area contributed by atoms with Crippen molar-refractivity contribution in [2.24, 2.45) is 0 Å². The summed E-state index contributed by atoms with van der Waals surface area (Å²) in [5, 5.41) is 10.1. The standard InChI is InChI=1S/C19H25NO6/c1-18(2,3)26-17(23)20(13-6-7-13)19(4,16(21)22)12-5-8-14-15(11-12)25-10-9-24-14/h5,8,11,13H,6-7,9-10H2,1-4H3,(H,21,22). The first-order valence-corrected chi connectivity index (χ1v) is 8.79. The van der Waals surface area contributed by atoms with Gasteiger partial charge in [0, 0.05) is 6.04 Å². The van der Waals surface area contributed by atoms with E-state index in [1.165, 1.54) is 11.8 Å². The monoisotopic (exact) mass is 363 g/mol. The summed E-state index contributed by atoms with van der Waals surface area (Å²) in [5.74, 6) is -0.0592. The molecule has 0 aromatic heterocycles. The van der Waals surface area contributed by atoms with Crippen molar-refractivity contribution in [2.45, 2.75) is 57.7 Å². The maximum Gasteiger partial charge on any atom is 0.411 e. The van der Waals surface area contributed by atoms with Crippen molar-refractivity contribution in [2.75, 3.05) is 13.2 Å². The molecule has 26 heavy (non-hydrogen) atoms. The minimum absolute atomic E-state index is 0.154. The Kier molecular flexibility index (Phi) is 4.50. The highest BCUT2D eigenvalue weighted by molar-refractivity contribution is 5.86. The molecule has 7 nitrogen and oxygen atoms in total. The lowest BCUT2D eigenvalue weighted by Gasteiger charge is -2.39. The van der Waals surface area contributed by atoms with E-state index in [9.17, 15) is 14.7 Å². The van der Waals surface area contributed by atoms with E-state index in [-0.39, 0.29) is 6.04 Å². The fourth-order valence-corrected chi connectivity index (χ4v) is 3.05. The summed E-state index contributed by atoms with van der Waals surface area (Å²) in [4.78, 5) is 26.5. The third-order valence-electron chi connectivity index (χ3n) is 4.50. The van der Waals surface area contributed by atoms with Gasteiger partial charge in [0.05, 0.1) is 0 Å². The molecule has 7 heteroatoms. The van der Waals surface area contributed by atoms with Crippen LogP contribution in [0.3, 0.4) is 0 Å². The van der Waals surface area contributed by atoms with Crippen LogP contribution in [0.5, 0.6) is 11.5 Å². The van der Waals surface area contributed by atoms with Gasteiger partial charge >= 0.3 is 12.1 Å². The van der Waals surface area contributed by atoms with E-state index in [2.05, 4.69) is 0 Å². The van der Waals surface area contributed by atoms with Crippen LogP contribution in [0, 0.1) is 0 Å². The van der Waals surface area contributed by atoms with E-state index < -0.39 is 23.2 Å². The van der Waals surface area contributed by atoms with Crippen LogP contribution in [0.1, 0.15) is 46.1 Å². The van der Waals surface area contributed by atoms with Gasteiger partial charge in [-0.1, -0.05) is 6.07 Å². The number of hydrogen-bond donors (Lipinski definition) is 1. The van der Waals surface area contributed by atoms with Crippen molar-refractivity contribution in [3.05, 3.63) is 23.8 Å². The van der Waals surface area contributed by atoms with Gasteiger partial charge < -0.3 is 19.3 Å². The van der Waals surface area contributed by atoms with Crippen LogP contribution in [0.25, 0.3) is 0 Å². The highest BCUT2D eigenvalue weighted by atomic mass is 16.6. The number of amides is 1. The number of benzene rings is 1. The molecule has 1 saturated carbocycles. The number of carbonyl (C=O) groups is 2. The fourth-order valence-electron chi connectivity index (χ4n) is 3.05. The van der Waals surface area contributed by atoms with Gasteiger partial charge in [0.15, 0.2) is 17.0 Å². The van der Waals surface area contributed by atoms with Gasteiger partial charge in [-0.15, -0.1) is 0 Å². The van der Waals surface area contributed by atoms with E-state index in [1.807, 2.05) is 0 Å². The largest absolute Gasteiger partial charge is 0.486 e. The molecule has 1 fully saturated rings. The van der Waals surface area contributed by atoms with E-state index >= 15 is 0 Å². The minimum Gasteiger partial charge on any atom is -0.486 e. The zero-order valence-corrected chi connectivity index (χ0v) is 15.6. The molecule has 1 heterocycles. The summed E-state index contributed by atoms with van der Waals surface area (Å²) in [6.45, 7) is 7.67. The second-order valence-electron chi connectivity index (χ2n) is 7.82. The maximum atomic E-state index is 12.8. The molecule has 1 amide bonds. The predicted octanol–water partition coefficient (Wildman–Crippen LogP) is 3.16. The van der Waals surface area contributed by atoms with E-state index in [4.69, 9.17) is 14.2 Å². The summed E-state index contributed by atoms with van der Waals surface area (Å²) in [6.07, 6.45) is 0.888. The van der Waals surface area contributed by atoms with Crippen LogP contribution in [0.15, 0.2) is 18.2 Å². The molecule has 1 N–H and O–H groups in total. The first-order valence-electron chi connectivity index (χ1n) is 8.79. The van der Waals surface area contributed by atoms with Crippen LogP contribution in [-0.2, 0) is 15.1 Å². The van der Waals surface area contributed by atoms with Crippen LogP contribution in [0.4, 0.5) is 4.79 Å². The smallest absolute Gasteiger partial charge is 0.411 e. The number of rotatable bonds is 4. The van der Waals surface area contributed by atoms with Crippen molar-refractivity contribution < 1.29 is 28.9 Å². The molecule has 1 aromatic carbocycles. The number of ether oxygens (including phenoxy) is 3. The molecular formula is C19H25NO6. The van der Waals surface area contributed by atoms with E-state index in [0.717, 1.165) is 12.8 Å². The van der Waals surface area contributed by atoms with E-state index in [0.29, 0.717) is 30.3 Å². The number of carbonyl (C=O) groups excluding carboxylic acids is 1. The quantitative estimate of drug-likeness (QED) is 0.884. The van der Waals surface area contributed by atoms with Crippen molar-refractivity contribution in [3.8, 4) is 11.5 Å². The SMILES string of the molecule is CC(C)(C)OC(=O)N(C1CC1)C(C)(C(=O)O)c1ccc2c(c1)OCCO2. The molecule has 2 aliphatic rings. The molecule has 1 atom stereocenters. The molecule has 0 spiro atoms. The summed E-state index contributed by atoms with van der Waals surface area (Å²) < 4.78 is 16.6. The van der Waals surface area contributed by atoms with Gasteiger partial charge in [0.2, 0.25) is 0 Å². The minimum atomic E-state index is -1.57. The Labute approximate surface area is 152 Å². The molecule has 0 radical (unpaired) electrons. The lowest BCUT2D eigenvalue weighted by molar-refractivity contribution is -0.151. The molecule has 142 valence electrons. The molecule has 1 aromatic rings. The lowest BCUT2D eigenvalue weighted by Crippen LogP contribution is -2.55. The summed E-state index contributed by atoms with van der Waals surface area (Å²) in [5.41, 5.74) is -1.83. The molecular weight excluding hydrogens is 338 g/mol. The number of carboxylic acids is 1. The van der Waals surface area contributed by atoms with Crippen LogP contribution in [-0.4, -0.2) is 46.9 Å². The summed E-state index contributed by atoms with van der Waals surface area (Å²) in [6, 6.07) is 4.84. The average molecular weight is 363 g/mol. The summed E-state index contributed by atoms with van der Waals surface area (Å²) in [7, 11) is 0. The van der Waals surface area contributed by atoms with E-state index in [1.54, 1.807) is 39.0 Å². The Hall–Kier alpha value is -2.44. The second-order valence-corrected chi connectivity index (χ2v) is 7.82. The van der Waals surface area contributed by atoms with Gasteiger partial charge in [-0.25, -0.2) is 9.59 Å². The lowest BCUT2D eigenvalue weighted by atomic mass is 9.89. The molecule has 1 aliphatic heterocycles. The molecule has 1 aliphatic carbocycles. The van der Waals surface area contributed by atoms with Crippen LogP contribution >= 0.6 is 0 Å². The third kappa shape index (κ3) is 3.43. The topological polar surface area (TPSA) is 85.3 Å². The molecule has 3 rings (SSSR count). The van der Waals surface area contributed by atoms with Crippen molar-refractivity contribution >= 4 is 12.1 Å². The first-order chi connectivity index (χ1) is 12.1. The summed E-state index contributed by atoms with van der Waals surface area (Å²) >= 11 is 0. The predicted molar refractivity (Wildman–Crippen MR) is 93.5 cm³/mol. The Morgan fingerprint density at radius 3 is 2.27 bits per heavy atom. The normalized spacial score (nSPS) is 18.6. The highest BCUT2D eigenvalue weighted by Gasteiger charge is 2.52. The van der Waals surface area contributed by atoms with Gasteiger partial charge in [-0.3, -0.25) is 4.90 Å². The average Bonchev–Trinajstić information content (AvgIpc) is 3.37. The van der Waals surface area contributed by atoms with Crippen molar-refractivity contribution in [1.82, 2.24) is 4.90 Å². The van der Waals surface area contributed by atoms with Crippen molar-refractivity contribution in [3.63, 3.8) is 0 Å². The highest BCUT2D eigenvalue weighted by Crippen LogP contribution is 2.42. The Bertz CT molecular complexity index is 721. The van der Waals surface area contributed by atoms with Crippen LogP contribution in [0.2, 0.25) is 0 Å². The third-order valence-corrected chi connectivity index (χ3v) is 4.50. The van der Waals surface area contributed by atoms with Gasteiger partial charge in [0.1, 0.15) is 18.8 Å². The number of fused-ring (bicyclic) bond motifs is 1. The Balaban J connectivity index is 2.02. The van der Waals surface area contributed by atoms with Crippen molar-refractivity contribution in [1.29, 1.82) is 0 Å². The Morgan fingerprint density at radius 1 is 1.12 bits per heavy atom. The zero-order valence-electron chi connectivity index (χ0n) is 15.6. The number of carboxylic acid groups (broad SMARTS) is 1. The maximum absolute atomic E-state index is 12.8. The Morgan fingerprint density at radius 2 is 1.73 bits per heavy atom. The van der Waals surface area contributed by atoms with Gasteiger partial charge in [-0.05, 0) is 58.2 Å². The number of aliphatic carboxylic acids is 1. The van der Waals surface area contributed by atoms with Gasteiger partial charge in [0.25, 0.3) is 0 Å². The number of hydrogen-bond acceptors (Lipinski definition) is 5. The van der Waals surface area contributed by atoms with Crippen LogP contribution < -0.4 is 9.47 Å². The fraction of sp³-hybridized carbons (Fsp3) is 0.579.